The van der Waals surface area contributed by atoms with Gasteiger partial charge in [0.25, 0.3) is 5.69 Å². The first-order valence-electron chi connectivity index (χ1n) is 10.1. The summed E-state index contributed by atoms with van der Waals surface area (Å²) in [5.41, 5.74) is 2.11. The third-order valence-corrected chi connectivity index (χ3v) is 6.50. The Balaban J connectivity index is 2.39. The SMILES string of the molecule is CC[C@@H](NC(=O)[C@H](C)N(c1cc([N+](=O)[O-])ccc1C)S(C)(=O)=O)c1ccc(OC)c(C)c1. The van der Waals surface area contributed by atoms with Gasteiger partial charge in [0.05, 0.1) is 30.0 Å². The van der Waals surface area contributed by atoms with E-state index >= 15 is 0 Å². The summed E-state index contributed by atoms with van der Waals surface area (Å²) < 4.78 is 31.4. The van der Waals surface area contributed by atoms with Gasteiger partial charge in [-0.3, -0.25) is 19.2 Å². The molecule has 2 aromatic rings. The van der Waals surface area contributed by atoms with Crippen molar-refractivity contribution < 1.29 is 22.9 Å². The number of hydrogen-bond donors (Lipinski definition) is 1. The summed E-state index contributed by atoms with van der Waals surface area (Å²) in [4.78, 5) is 23.7. The van der Waals surface area contributed by atoms with Crippen LogP contribution in [0.25, 0.3) is 0 Å². The Labute approximate surface area is 188 Å². The van der Waals surface area contributed by atoms with Crippen LogP contribution in [0.3, 0.4) is 0 Å². The summed E-state index contributed by atoms with van der Waals surface area (Å²) >= 11 is 0. The Morgan fingerprint density at radius 3 is 2.34 bits per heavy atom. The number of sulfonamides is 1. The van der Waals surface area contributed by atoms with Crippen molar-refractivity contribution in [2.24, 2.45) is 0 Å². The number of aryl methyl sites for hydroxylation is 2. The van der Waals surface area contributed by atoms with Crippen molar-refractivity contribution in [2.75, 3.05) is 17.7 Å². The first-order chi connectivity index (χ1) is 14.9. The van der Waals surface area contributed by atoms with Crippen LogP contribution in [0, 0.1) is 24.0 Å². The highest BCUT2D eigenvalue weighted by molar-refractivity contribution is 7.92. The maximum atomic E-state index is 13.1. The van der Waals surface area contributed by atoms with Crippen molar-refractivity contribution in [3.63, 3.8) is 0 Å². The summed E-state index contributed by atoms with van der Waals surface area (Å²) in [7, 11) is -2.33. The molecule has 2 aromatic carbocycles. The summed E-state index contributed by atoms with van der Waals surface area (Å²) in [6, 6.07) is 8.04. The number of non-ortho nitro benzene ring substituents is 1. The van der Waals surface area contributed by atoms with Crippen LogP contribution in [0.2, 0.25) is 0 Å². The lowest BCUT2D eigenvalue weighted by atomic mass is 10.0. The van der Waals surface area contributed by atoms with Gasteiger partial charge in [0.1, 0.15) is 11.8 Å². The van der Waals surface area contributed by atoms with E-state index in [2.05, 4.69) is 5.32 Å². The van der Waals surface area contributed by atoms with Crippen molar-refractivity contribution in [3.8, 4) is 5.75 Å². The zero-order valence-electron chi connectivity index (χ0n) is 19.1. The fourth-order valence-electron chi connectivity index (χ4n) is 3.56. The van der Waals surface area contributed by atoms with Crippen LogP contribution in [-0.4, -0.2) is 38.7 Å². The number of nitro benzene ring substituents is 1. The number of amides is 1. The van der Waals surface area contributed by atoms with Gasteiger partial charge in [0, 0.05) is 12.1 Å². The van der Waals surface area contributed by atoms with Gasteiger partial charge < -0.3 is 10.1 Å². The lowest BCUT2D eigenvalue weighted by Gasteiger charge is -2.30. The number of hydrogen-bond acceptors (Lipinski definition) is 6. The largest absolute Gasteiger partial charge is 0.496 e. The van der Waals surface area contributed by atoms with E-state index in [0.717, 1.165) is 27.4 Å². The van der Waals surface area contributed by atoms with Crippen LogP contribution in [0.15, 0.2) is 36.4 Å². The van der Waals surface area contributed by atoms with Crippen LogP contribution >= 0.6 is 0 Å². The molecule has 0 aliphatic heterocycles. The topological polar surface area (TPSA) is 119 Å². The number of carbonyl (C=O) groups is 1. The van der Waals surface area contributed by atoms with Crippen molar-refractivity contribution in [2.45, 2.75) is 46.2 Å². The molecular formula is C22H29N3O6S. The predicted octanol–water partition coefficient (Wildman–Crippen LogP) is 3.64. The fourth-order valence-corrected chi connectivity index (χ4v) is 4.79. The van der Waals surface area contributed by atoms with Crippen LogP contribution in [0.5, 0.6) is 5.75 Å². The smallest absolute Gasteiger partial charge is 0.271 e. The number of rotatable bonds is 9. The van der Waals surface area contributed by atoms with Gasteiger partial charge in [-0.15, -0.1) is 0 Å². The molecule has 0 aliphatic carbocycles. The van der Waals surface area contributed by atoms with E-state index in [-0.39, 0.29) is 17.4 Å². The van der Waals surface area contributed by atoms with Gasteiger partial charge in [0.15, 0.2) is 0 Å². The van der Waals surface area contributed by atoms with Gasteiger partial charge in [0.2, 0.25) is 15.9 Å². The highest BCUT2D eigenvalue weighted by Crippen LogP contribution is 2.30. The van der Waals surface area contributed by atoms with E-state index in [1.54, 1.807) is 14.0 Å². The average Bonchev–Trinajstić information content (AvgIpc) is 2.71. The minimum Gasteiger partial charge on any atom is -0.496 e. The fraction of sp³-hybridized carbons (Fsp3) is 0.409. The highest BCUT2D eigenvalue weighted by Gasteiger charge is 2.32. The molecule has 0 spiro atoms. The minimum absolute atomic E-state index is 0.0951. The zero-order valence-corrected chi connectivity index (χ0v) is 19.9. The molecule has 0 fully saturated rings. The van der Waals surface area contributed by atoms with Gasteiger partial charge in [-0.2, -0.15) is 0 Å². The van der Waals surface area contributed by atoms with Crippen molar-refractivity contribution in [1.29, 1.82) is 0 Å². The van der Waals surface area contributed by atoms with Gasteiger partial charge in [-0.05, 0) is 49.9 Å². The van der Waals surface area contributed by atoms with Crippen molar-refractivity contribution >= 4 is 27.3 Å². The van der Waals surface area contributed by atoms with Gasteiger partial charge in [-0.1, -0.05) is 25.1 Å². The van der Waals surface area contributed by atoms with E-state index in [4.69, 9.17) is 4.74 Å². The second-order valence-corrected chi connectivity index (χ2v) is 9.52. The van der Waals surface area contributed by atoms with Crippen LogP contribution in [0.4, 0.5) is 11.4 Å². The van der Waals surface area contributed by atoms with Crippen LogP contribution in [-0.2, 0) is 14.8 Å². The summed E-state index contributed by atoms with van der Waals surface area (Å²) in [5, 5.41) is 14.1. The van der Waals surface area contributed by atoms with E-state index < -0.39 is 26.9 Å². The normalized spacial score (nSPS) is 13.2. The number of nitro groups is 1. The Morgan fingerprint density at radius 1 is 1.19 bits per heavy atom. The van der Waals surface area contributed by atoms with E-state index in [9.17, 15) is 23.3 Å². The predicted molar refractivity (Wildman–Crippen MR) is 124 cm³/mol. The highest BCUT2D eigenvalue weighted by atomic mass is 32.2. The molecule has 10 heteroatoms. The molecule has 1 N–H and O–H groups in total. The molecule has 0 aromatic heterocycles. The Bertz CT molecular complexity index is 1120. The molecule has 2 rings (SSSR count). The first-order valence-corrected chi connectivity index (χ1v) is 11.9. The molecule has 2 atom stereocenters. The van der Waals surface area contributed by atoms with Crippen molar-refractivity contribution in [1.82, 2.24) is 5.32 Å². The molecule has 32 heavy (non-hydrogen) atoms. The Morgan fingerprint density at radius 2 is 1.84 bits per heavy atom. The standard InChI is InChI=1S/C22H29N3O6S/c1-7-19(17-9-11-21(31-5)15(3)12-17)23-22(26)16(4)24(32(6,29)30)20-13-18(25(27)28)10-8-14(20)2/h8-13,16,19H,7H2,1-6H3,(H,23,26)/t16-,19+/m0/s1. The lowest BCUT2D eigenvalue weighted by molar-refractivity contribution is -0.384. The van der Waals surface area contributed by atoms with Gasteiger partial charge >= 0.3 is 0 Å². The molecule has 0 saturated heterocycles. The summed E-state index contributed by atoms with van der Waals surface area (Å²) in [6.45, 7) is 6.90. The third-order valence-electron chi connectivity index (χ3n) is 5.28. The van der Waals surface area contributed by atoms with E-state index in [1.807, 2.05) is 32.0 Å². The van der Waals surface area contributed by atoms with E-state index in [1.165, 1.54) is 25.1 Å². The molecule has 0 bridgehead atoms. The number of benzene rings is 2. The maximum absolute atomic E-state index is 13.1. The number of nitrogens with zero attached hydrogens (tertiary/aromatic N) is 2. The van der Waals surface area contributed by atoms with Crippen LogP contribution < -0.4 is 14.4 Å². The number of carbonyl (C=O) groups excluding carboxylic acids is 1. The molecule has 0 saturated carbocycles. The maximum Gasteiger partial charge on any atom is 0.271 e. The number of methoxy groups -OCH3 is 1. The second-order valence-electron chi connectivity index (χ2n) is 7.66. The first kappa shape index (κ1) is 25.1. The molecule has 0 aliphatic rings. The number of nitrogens with one attached hydrogen (secondary N) is 1. The van der Waals surface area contributed by atoms with Crippen molar-refractivity contribution in [3.05, 3.63) is 63.2 Å². The number of ether oxygens (including phenoxy) is 1. The molecule has 0 radical (unpaired) electrons. The summed E-state index contributed by atoms with van der Waals surface area (Å²) in [6.07, 6.45) is 1.55. The van der Waals surface area contributed by atoms with Crippen LogP contribution in [0.1, 0.15) is 43.0 Å². The zero-order chi connectivity index (χ0) is 24.2. The molecule has 0 heterocycles. The third kappa shape index (κ3) is 5.56. The molecule has 9 nitrogen and oxygen atoms in total. The molecule has 0 unspecified atom stereocenters. The summed E-state index contributed by atoms with van der Waals surface area (Å²) in [5.74, 6) is 0.217. The molecule has 1 amide bonds. The minimum atomic E-state index is -3.92. The van der Waals surface area contributed by atoms with Gasteiger partial charge in [-0.25, -0.2) is 8.42 Å². The Hall–Kier alpha value is -3.14. The lowest BCUT2D eigenvalue weighted by Crippen LogP contribution is -2.48. The molecular weight excluding hydrogens is 434 g/mol. The quantitative estimate of drug-likeness (QED) is 0.448. The number of anilines is 1. The Kier molecular flexibility index (Phi) is 7.84. The average molecular weight is 464 g/mol. The monoisotopic (exact) mass is 463 g/mol. The molecule has 174 valence electrons. The van der Waals surface area contributed by atoms with E-state index in [0.29, 0.717) is 12.0 Å². The second kappa shape index (κ2) is 9.99.